The van der Waals surface area contributed by atoms with Crippen LogP contribution in [-0.4, -0.2) is 49.6 Å². The van der Waals surface area contributed by atoms with Gasteiger partial charge in [-0.1, -0.05) is 42.5 Å². The first-order chi connectivity index (χ1) is 21.6. The van der Waals surface area contributed by atoms with Crippen LogP contribution in [-0.2, 0) is 30.8 Å². The van der Waals surface area contributed by atoms with Crippen molar-refractivity contribution in [2.45, 2.75) is 43.6 Å². The van der Waals surface area contributed by atoms with E-state index in [-0.39, 0.29) is 52.9 Å². The Hall–Kier alpha value is -4.36. The Morgan fingerprint density at radius 1 is 1.00 bits per heavy atom. The number of hydrogen-bond acceptors (Lipinski definition) is 8. The molecule has 0 spiro atoms. The van der Waals surface area contributed by atoms with Gasteiger partial charge in [-0.05, 0) is 60.9 Å². The highest BCUT2D eigenvalue weighted by Crippen LogP contribution is 2.38. The number of ether oxygens (including phenoxy) is 1. The maximum Gasteiger partial charge on any atom is 0.411 e. The van der Waals surface area contributed by atoms with Gasteiger partial charge in [-0.15, -0.1) is 11.3 Å². The van der Waals surface area contributed by atoms with E-state index < -0.39 is 32.9 Å². The molecule has 2 aliphatic carbocycles. The molecule has 1 atom stereocenters. The minimum Gasteiger partial charge on any atom is -0.444 e. The number of carbonyl (C=O) groups is 3. The quantitative estimate of drug-likeness (QED) is 0.193. The third-order valence-electron chi connectivity index (χ3n) is 7.50. The van der Waals surface area contributed by atoms with Crippen molar-refractivity contribution in [3.05, 3.63) is 83.1 Å². The van der Waals surface area contributed by atoms with Gasteiger partial charge in [0.25, 0.3) is 0 Å². The van der Waals surface area contributed by atoms with Crippen molar-refractivity contribution in [3.8, 4) is 11.1 Å². The summed E-state index contributed by atoms with van der Waals surface area (Å²) in [5.41, 5.74) is 2.30. The Labute approximate surface area is 263 Å². The first-order valence-electron chi connectivity index (χ1n) is 14.6. The van der Waals surface area contributed by atoms with Crippen molar-refractivity contribution in [2.75, 3.05) is 17.6 Å². The molecule has 0 radical (unpaired) electrons. The fourth-order valence-corrected chi connectivity index (χ4v) is 8.32. The van der Waals surface area contributed by atoms with Gasteiger partial charge in [0.2, 0.25) is 11.8 Å². The van der Waals surface area contributed by atoms with Gasteiger partial charge in [-0.25, -0.2) is 22.6 Å². The number of fused-ring (bicyclic) bond motifs is 1. The molecule has 13 heteroatoms. The molecule has 1 aromatic heterocycles. The van der Waals surface area contributed by atoms with Gasteiger partial charge in [-0.3, -0.25) is 14.9 Å². The highest BCUT2D eigenvalue weighted by atomic mass is 32.2. The van der Waals surface area contributed by atoms with Crippen LogP contribution in [0.2, 0.25) is 0 Å². The molecule has 0 saturated heterocycles. The van der Waals surface area contributed by atoms with Gasteiger partial charge in [0.1, 0.15) is 17.4 Å². The summed E-state index contributed by atoms with van der Waals surface area (Å²) in [6.45, 7) is -0.225. The van der Waals surface area contributed by atoms with Crippen LogP contribution in [0.5, 0.6) is 0 Å². The van der Waals surface area contributed by atoms with Gasteiger partial charge in [0.05, 0.1) is 22.5 Å². The van der Waals surface area contributed by atoms with Crippen molar-refractivity contribution in [1.29, 1.82) is 0 Å². The molecule has 1 unspecified atom stereocenters. The zero-order valence-corrected chi connectivity index (χ0v) is 25.8. The number of nitrogens with one attached hydrogen (secondary N) is 3. The summed E-state index contributed by atoms with van der Waals surface area (Å²) in [6, 6.07) is 18.7. The summed E-state index contributed by atoms with van der Waals surface area (Å²) in [5.74, 6) is -1.96. The average molecular weight is 651 g/mol. The van der Waals surface area contributed by atoms with Crippen molar-refractivity contribution < 1.29 is 31.9 Å². The van der Waals surface area contributed by atoms with Gasteiger partial charge >= 0.3 is 6.09 Å². The van der Waals surface area contributed by atoms with E-state index in [4.69, 9.17) is 4.74 Å². The Balaban J connectivity index is 1.18. The van der Waals surface area contributed by atoms with Crippen LogP contribution in [0.25, 0.3) is 21.3 Å². The predicted molar refractivity (Wildman–Crippen MR) is 169 cm³/mol. The summed E-state index contributed by atoms with van der Waals surface area (Å²) in [5, 5.41) is 6.28. The summed E-state index contributed by atoms with van der Waals surface area (Å²) >= 11 is 1.00. The molecular formula is C32H31FN4O6S2. The first-order valence-corrected chi connectivity index (χ1v) is 17.1. The predicted octanol–water partition coefficient (Wildman–Crippen LogP) is 5.11. The van der Waals surface area contributed by atoms with Gasteiger partial charge < -0.3 is 15.4 Å². The Morgan fingerprint density at radius 3 is 2.42 bits per heavy atom. The zero-order chi connectivity index (χ0) is 31.6. The van der Waals surface area contributed by atoms with Crippen LogP contribution in [0, 0.1) is 11.7 Å². The molecule has 2 saturated carbocycles. The number of carbonyl (C=O) groups excluding carboxylic acids is 3. The van der Waals surface area contributed by atoms with E-state index in [0.29, 0.717) is 16.0 Å². The molecule has 45 heavy (non-hydrogen) atoms. The second-order valence-corrected chi connectivity index (χ2v) is 14.5. The summed E-state index contributed by atoms with van der Waals surface area (Å²) in [7, 11) is -3.96. The lowest BCUT2D eigenvalue weighted by Crippen LogP contribution is -2.41. The Bertz CT molecular complexity index is 1840. The molecule has 2 aliphatic rings. The van der Waals surface area contributed by atoms with Gasteiger partial charge in [-0.2, -0.15) is 0 Å². The number of halogens is 1. The molecule has 3 N–H and O–H groups in total. The molecule has 4 aromatic rings. The first kappa shape index (κ1) is 30.7. The zero-order valence-electron chi connectivity index (χ0n) is 24.1. The van der Waals surface area contributed by atoms with E-state index in [9.17, 15) is 22.8 Å². The van der Waals surface area contributed by atoms with Crippen LogP contribution in [0.15, 0.2) is 66.7 Å². The molecule has 6 rings (SSSR count). The summed E-state index contributed by atoms with van der Waals surface area (Å²) < 4.78 is 47.9. The third kappa shape index (κ3) is 7.84. The highest BCUT2D eigenvalue weighted by molar-refractivity contribution is 7.92. The largest absolute Gasteiger partial charge is 0.444 e. The smallest absolute Gasteiger partial charge is 0.411 e. The Kier molecular flexibility index (Phi) is 8.81. The standard InChI is InChI=1S/C32H31FN4O6S2/c33-25-15-26-27(14-24(25)21-8-10-23(11-9-21)36-32(40)43-17-19-4-2-1-3-5-19)44-31(37-26)29(45(41,42)18-20-6-7-20)30(39)34-16-28(38)35-22-12-13-22/h1-5,8-11,14-15,20,22,29H,6-7,12-13,16-18H2,(H,34,39)(H,35,38)(H,36,40). The number of aromatic nitrogens is 1. The van der Waals surface area contributed by atoms with Crippen molar-refractivity contribution in [2.24, 2.45) is 5.92 Å². The van der Waals surface area contributed by atoms with E-state index in [1.54, 1.807) is 30.3 Å². The van der Waals surface area contributed by atoms with Gasteiger partial charge in [0.15, 0.2) is 15.1 Å². The second kappa shape index (κ2) is 12.9. The molecule has 2 fully saturated rings. The van der Waals surface area contributed by atoms with Crippen molar-refractivity contribution in [1.82, 2.24) is 15.6 Å². The van der Waals surface area contributed by atoms with Crippen LogP contribution in [0.4, 0.5) is 14.9 Å². The highest BCUT2D eigenvalue weighted by Gasteiger charge is 2.41. The fraction of sp³-hybridized carbons (Fsp3) is 0.312. The normalized spacial score (nSPS) is 15.3. The summed E-state index contributed by atoms with van der Waals surface area (Å²) in [6.07, 6.45) is 2.68. The summed E-state index contributed by atoms with van der Waals surface area (Å²) in [4.78, 5) is 42.0. The lowest BCUT2D eigenvalue weighted by molar-refractivity contribution is -0.126. The Morgan fingerprint density at radius 2 is 1.73 bits per heavy atom. The number of rotatable bonds is 12. The topological polar surface area (TPSA) is 144 Å². The molecule has 0 aliphatic heterocycles. The lowest BCUT2D eigenvalue weighted by Gasteiger charge is -2.15. The van der Waals surface area contributed by atoms with Crippen LogP contribution >= 0.6 is 11.3 Å². The molecule has 3 aromatic carbocycles. The number of nitrogens with zero attached hydrogens (tertiary/aromatic N) is 1. The molecule has 0 bridgehead atoms. The average Bonchev–Trinajstić information content (AvgIpc) is 3.95. The molecule has 234 valence electrons. The SMILES string of the molecule is O=C(CNC(=O)C(c1nc2cc(F)c(-c3ccc(NC(=O)OCc4ccccc4)cc3)cc2s1)S(=O)(=O)CC1CC1)NC1CC1. The minimum atomic E-state index is -3.96. The fourth-order valence-electron chi connectivity index (χ4n) is 4.81. The maximum absolute atomic E-state index is 15.3. The van der Waals surface area contributed by atoms with Crippen molar-refractivity contribution >= 4 is 55.0 Å². The van der Waals surface area contributed by atoms with E-state index in [1.165, 1.54) is 6.07 Å². The number of amides is 3. The number of anilines is 1. The van der Waals surface area contributed by atoms with Gasteiger partial charge in [0, 0.05) is 23.4 Å². The van der Waals surface area contributed by atoms with E-state index in [1.807, 2.05) is 30.3 Å². The van der Waals surface area contributed by atoms with E-state index >= 15 is 4.39 Å². The number of benzene rings is 3. The number of hydrogen-bond donors (Lipinski definition) is 3. The monoisotopic (exact) mass is 650 g/mol. The molecule has 3 amide bonds. The lowest BCUT2D eigenvalue weighted by atomic mass is 10.0. The van der Waals surface area contributed by atoms with Crippen LogP contribution < -0.4 is 16.0 Å². The minimum absolute atomic E-state index is 0.00919. The van der Waals surface area contributed by atoms with Crippen LogP contribution in [0.1, 0.15) is 41.5 Å². The third-order valence-corrected chi connectivity index (χ3v) is 10.8. The molecule has 1 heterocycles. The van der Waals surface area contributed by atoms with E-state index in [2.05, 4.69) is 20.9 Å². The maximum atomic E-state index is 15.3. The second-order valence-electron chi connectivity index (χ2n) is 11.3. The number of thiazole rings is 1. The van der Waals surface area contributed by atoms with Crippen LogP contribution in [0.3, 0.4) is 0 Å². The van der Waals surface area contributed by atoms with Crippen molar-refractivity contribution in [3.63, 3.8) is 0 Å². The van der Waals surface area contributed by atoms with E-state index in [0.717, 1.165) is 42.6 Å². The molecular weight excluding hydrogens is 620 g/mol. The molecule has 10 nitrogen and oxygen atoms in total. The number of sulfone groups is 1.